The molecule has 0 aliphatic heterocycles. The van der Waals surface area contributed by atoms with Gasteiger partial charge in [-0.1, -0.05) is 45.8 Å². The zero-order chi connectivity index (χ0) is 14.5. The minimum absolute atomic E-state index is 0.244. The highest BCUT2D eigenvalue weighted by atomic mass is 79.9. The Bertz CT molecular complexity index is 581. The summed E-state index contributed by atoms with van der Waals surface area (Å²) in [5.41, 5.74) is 2.89. The van der Waals surface area contributed by atoms with E-state index < -0.39 is 0 Å². The predicted molar refractivity (Wildman–Crippen MR) is 82.2 cm³/mol. The average Bonchev–Trinajstić information content (AvgIpc) is 2.42. The third-order valence-corrected chi connectivity index (χ3v) is 4.26. The van der Waals surface area contributed by atoms with Crippen LogP contribution in [0.2, 0.25) is 0 Å². The molecule has 0 nitrogen and oxygen atoms in total. The van der Waals surface area contributed by atoms with E-state index in [1.54, 1.807) is 0 Å². The fourth-order valence-electron chi connectivity index (χ4n) is 2.36. The van der Waals surface area contributed by atoms with E-state index in [1.807, 2.05) is 6.07 Å². The maximum Gasteiger partial charge on any atom is 0.126 e. The van der Waals surface area contributed by atoms with Gasteiger partial charge in [-0.05, 0) is 55.0 Å². The smallest absolute Gasteiger partial charge is 0.126 e. The molecule has 0 saturated heterocycles. The summed E-state index contributed by atoms with van der Waals surface area (Å²) in [4.78, 5) is 0. The standard InChI is InChI=1S/C17H17BrF2/c1-12-3-2-4-13(7-12)8-14(11-18)9-15-10-16(19)5-6-17(15)20/h2-7,10,14H,8-9,11H2,1H3. The molecule has 20 heavy (non-hydrogen) atoms. The molecule has 0 spiro atoms. The summed E-state index contributed by atoms with van der Waals surface area (Å²) in [6.07, 6.45) is 1.38. The third-order valence-electron chi connectivity index (χ3n) is 3.34. The van der Waals surface area contributed by atoms with Crippen LogP contribution in [-0.2, 0) is 12.8 Å². The lowest BCUT2D eigenvalue weighted by atomic mass is 9.93. The molecular weight excluding hydrogens is 322 g/mol. The first-order valence-corrected chi connectivity index (χ1v) is 7.76. The molecule has 3 heteroatoms. The molecule has 0 saturated carbocycles. The zero-order valence-corrected chi connectivity index (χ0v) is 13.0. The lowest BCUT2D eigenvalue weighted by Crippen LogP contribution is -2.11. The van der Waals surface area contributed by atoms with Crippen LogP contribution < -0.4 is 0 Å². The minimum Gasteiger partial charge on any atom is -0.207 e. The lowest BCUT2D eigenvalue weighted by Gasteiger charge is -2.15. The quantitative estimate of drug-likeness (QED) is 0.667. The van der Waals surface area contributed by atoms with Crippen molar-refractivity contribution in [3.05, 3.63) is 70.8 Å². The highest BCUT2D eigenvalue weighted by molar-refractivity contribution is 9.09. The van der Waals surface area contributed by atoms with Crippen molar-refractivity contribution in [3.8, 4) is 0 Å². The summed E-state index contributed by atoms with van der Waals surface area (Å²) >= 11 is 3.48. The SMILES string of the molecule is Cc1cccc(CC(CBr)Cc2cc(F)ccc2F)c1. The second kappa shape index (κ2) is 6.98. The van der Waals surface area contributed by atoms with Crippen molar-refractivity contribution in [2.75, 3.05) is 5.33 Å². The zero-order valence-electron chi connectivity index (χ0n) is 11.4. The highest BCUT2D eigenvalue weighted by Crippen LogP contribution is 2.20. The molecule has 0 aliphatic carbocycles. The Kier molecular flexibility index (Phi) is 5.30. The van der Waals surface area contributed by atoms with Gasteiger partial charge in [-0.2, -0.15) is 0 Å². The summed E-state index contributed by atoms with van der Waals surface area (Å²) in [5, 5.41) is 0.761. The molecular formula is C17H17BrF2. The van der Waals surface area contributed by atoms with Crippen molar-refractivity contribution in [1.82, 2.24) is 0 Å². The average molecular weight is 339 g/mol. The van der Waals surface area contributed by atoms with Gasteiger partial charge in [0.15, 0.2) is 0 Å². The van der Waals surface area contributed by atoms with Crippen molar-refractivity contribution >= 4 is 15.9 Å². The van der Waals surface area contributed by atoms with E-state index in [0.29, 0.717) is 12.0 Å². The molecule has 0 bridgehead atoms. The molecule has 2 aromatic rings. The van der Waals surface area contributed by atoms with Gasteiger partial charge in [0, 0.05) is 5.33 Å². The molecule has 0 aromatic heterocycles. The summed E-state index contributed by atoms with van der Waals surface area (Å²) in [7, 11) is 0. The number of hydrogen-bond donors (Lipinski definition) is 0. The molecule has 1 atom stereocenters. The van der Waals surface area contributed by atoms with Crippen LogP contribution >= 0.6 is 15.9 Å². The van der Waals surface area contributed by atoms with Crippen molar-refractivity contribution in [2.45, 2.75) is 19.8 Å². The Morgan fingerprint density at radius 2 is 1.85 bits per heavy atom. The number of hydrogen-bond acceptors (Lipinski definition) is 0. The second-order valence-corrected chi connectivity index (χ2v) is 5.80. The number of halogens is 3. The normalized spacial score (nSPS) is 12.4. The van der Waals surface area contributed by atoms with E-state index in [-0.39, 0.29) is 17.6 Å². The molecule has 2 aromatic carbocycles. The van der Waals surface area contributed by atoms with Gasteiger partial charge in [0.05, 0.1) is 0 Å². The Labute approximate surface area is 127 Å². The van der Waals surface area contributed by atoms with Gasteiger partial charge in [0.1, 0.15) is 11.6 Å². The first-order valence-electron chi connectivity index (χ1n) is 6.64. The summed E-state index contributed by atoms with van der Waals surface area (Å²) < 4.78 is 26.9. The largest absolute Gasteiger partial charge is 0.207 e. The van der Waals surface area contributed by atoms with Gasteiger partial charge in [0.25, 0.3) is 0 Å². The molecule has 1 unspecified atom stereocenters. The van der Waals surface area contributed by atoms with Gasteiger partial charge in [0.2, 0.25) is 0 Å². The lowest BCUT2D eigenvalue weighted by molar-refractivity contribution is 0.540. The Hall–Kier alpha value is -1.22. The Morgan fingerprint density at radius 3 is 2.55 bits per heavy atom. The Morgan fingerprint density at radius 1 is 1.05 bits per heavy atom. The van der Waals surface area contributed by atoms with Crippen LogP contribution in [0.4, 0.5) is 8.78 Å². The van der Waals surface area contributed by atoms with Crippen LogP contribution in [0, 0.1) is 24.5 Å². The van der Waals surface area contributed by atoms with Gasteiger partial charge in [-0.3, -0.25) is 0 Å². The monoisotopic (exact) mass is 338 g/mol. The molecule has 0 fully saturated rings. The van der Waals surface area contributed by atoms with E-state index in [0.717, 1.165) is 17.8 Å². The van der Waals surface area contributed by atoms with Crippen LogP contribution in [0.15, 0.2) is 42.5 Å². The first-order chi connectivity index (χ1) is 9.58. The van der Waals surface area contributed by atoms with E-state index >= 15 is 0 Å². The number of benzene rings is 2. The van der Waals surface area contributed by atoms with E-state index in [4.69, 9.17) is 0 Å². The van der Waals surface area contributed by atoms with Crippen LogP contribution in [0.25, 0.3) is 0 Å². The number of rotatable bonds is 5. The van der Waals surface area contributed by atoms with Crippen LogP contribution in [-0.4, -0.2) is 5.33 Å². The van der Waals surface area contributed by atoms with Gasteiger partial charge >= 0.3 is 0 Å². The van der Waals surface area contributed by atoms with Crippen molar-refractivity contribution in [3.63, 3.8) is 0 Å². The number of alkyl halides is 1. The summed E-state index contributed by atoms with van der Waals surface area (Å²) in [6.45, 7) is 2.05. The van der Waals surface area contributed by atoms with Gasteiger partial charge in [-0.15, -0.1) is 0 Å². The summed E-state index contributed by atoms with van der Waals surface area (Å²) in [5.74, 6) is -0.472. The van der Waals surface area contributed by atoms with Crippen molar-refractivity contribution in [1.29, 1.82) is 0 Å². The van der Waals surface area contributed by atoms with E-state index in [9.17, 15) is 8.78 Å². The van der Waals surface area contributed by atoms with Gasteiger partial charge in [-0.25, -0.2) is 8.78 Å². The highest BCUT2D eigenvalue weighted by Gasteiger charge is 2.13. The van der Waals surface area contributed by atoms with E-state index in [1.165, 1.54) is 23.3 Å². The topological polar surface area (TPSA) is 0 Å². The Balaban J connectivity index is 2.11. The van der Waals surface area contributed by atoms with Crippen LogP contribution in [0.5, 0.6) is 0 Å². The molecule has 2 rings (SSSR count). The molecule has 0 amide bonds. The van der Waals surface area contributed by atoms with E-state index in [2.05, 4.69) is 41.1 Å². The van der Waals surface area contributed by atoms with Crippen molar-refractivity contribution in [2.24, 2.45) is 5.92 Å². The molecule has 0 radical (unpaired) electrons. The molecule has 0 aliphatic rings. The van der Waals surface area contributed by atoms with Crippen LogP contribution in [0.1, 0.15) is 16.7 Å². The summed E-state index contributed by atoms with van der Waals surface area (Å²) in [6, 6.07) is 11.9. The van der Waals surface area contributed by atoms with Crippen molar-refractivity contribution < 1.29 is 8.78 Å². The molecule has 0 heterocycles. The number of aryl methyl sites for hydroxylation is 1. The second-order valence-electron chi connectivity index (χ2n) is 5.15. The molecule has 106 valence electrons. The first kappa shape index (κ1) is 15.2. The maximum absolute atomic E-state index is 13.7. The minimum atomic E-state index is -0.384. The van der Waals surface area contributed by atoms with Crippen LogP contribution in [0.3, 0.4) is 0 Å². The maximum atomic E-state index is 13.7. The fraction of sp³-hybridized carbons (Fsp3) is 0.294. The van der Waals surface area contributed by atoms with Gasteiger partial charge < -0.3 is 0 Å². The molecule has 0 N–H and O–H groups in total. The predicted octanol–water partition coefficient (Wildman–Crippen LogP) is 5.07. The third kappa shape index (κ3) is 4.14. The fourth-order valence-corrected chi connectivity index (χ4v) is 2.82.